The molecule has 0 heterocycles. The Bertz CT molecular complexity index is 303. The standard InChI is InChI=1S/C14H22N2/c1-3-5-10-16-14(11-15)13-8-6-12(4-2)7-9-13/h3,6-9,14,16H,1,4-5,10-11,15H2,2H3. The van der Waals surface area contributed by atoms with Crippen LogP contribution in [0.4, 0.5) is 0 Å². The summed E-state index contributed by atoms with van der Waals surface area (Å²) in [5.41, 5.74) is 8.40. The fraction of sp³-hybridized carbons (Fsp3) is 0.429. The van der Waals surface area contributed by atoms with Crippen molar-refractivity contribution in [2.24, 2.45) is 5.73 Å². The van der Waals surface area contributed by atoms with Crippen LogP contribution < -0.4 is 11.1 Å². The van der Waals surface area contributed by atoms with Crippen LogP contribution in [0.15, 0.2) is 36.9 Å². The molecule has 16 heavy (non-hydrogen) atoms. The van der Waals surface area contributed by atoms with Gasteiger partial charge in [0.25, 0.3) is 0 Å². The van der Waals surface area contributed by atoms with Crippen molar-refractivity contribution >= 4 is 0 Å². The molecule has 0 bridgehead atoms. The number of benzene rings is 1. The summed E-state index contributed by atoms with van der Waals surface area (Å²) in [6, 6.07) is 8.93. The maximum Gasteiger partial charge on any atom is 0.0444 e. The van der Waals surface area contributed by atoms with E-state index in [-0.39, 0.29) is 6.04 Å². The second-order valence-corrected chi connectivity index (χ2v) is 3.91. The van der Waals surface area contributed by atoms with Gasteiger partial charge in [0.05, 0.1) is 0 Å². The molecular formula is C14H22N2. The molecule has 0 aliphatic heterocycles. The van der Waals surface area contributed by atoms with Crippen molar-refractivity contribution in [2.75, 3.05) is 13.1 Å². The fourth-order valence-electron chi connectivity index (χ4n) is 1.68. The third-order valence-corrected chi connectivity index (χ3v) is 2.77. The van der Waals surface area contributed by atoms with Crippen LogP contribution in [-0.4, -0.2) is 13.1 Å². The van der Waals surface area contributed by atoms with Crippen LogP contribution in [0, 0.1) is 0 Å². The van der Waals surface area contributed by atoms with Gasteiger partial charge in [-0.3, -0.25) is 0 Å². The van der Waals surface area contributed by atoms with Crippen molar-refractivity contribution < 1.29 is 0 Å². The van der Waals surface area contributed by atoms with E-state index in [4.69, 9.17) is 5.73 Å². The molecule has 0 aromatic heterocycles. The summed E-state index contributed by atoms with van der Waals surface area (Å²) in [4.78, 5) is 0. The molecule has 0 saturated carbocycles. The first-order chi connectivity index (χ1) is 7.81. The topological polar surface area (TPSA) is 38.0 Å². The van der Waals surface area contributed by atoms with Gasteiger partial charge in [-0.15, -0.1) is 6.58 Å². The van der Waals surface area contributed by atoms with Crippen LogP contribution in [0.1, 0.15) is 30.5 Å². The first kappa shape index (κ1) is 12.9. The number of hydrogen-bond donors (Lipinski definition) is 2. The molecule has 1 rings (SSSR count). The van der Waals surface area contributed by atoms with Crippen LogP contribution in [0.25, 0.3) is 0 Å². The first-order valence-electron chi connectivity index (χ1n) is 5.95. The lowest BCUT2D eigenvalue weighted by molar-refractivity contribution is 0.548. The van der Waals surface area contributed by atoms with E-state index < -0.39 is 0 Å². The maximum atomic E-state index is 5.77. The van der Waals surface area contributed by atoms with Crippen molar-refractivity contribution in [3.8, 4) is 0 Å². The van der Waals surface area contributed by atoms with E-state index in [2.05, 4.69) is 43.1 Å². The highest BCUT2D eigenvalue weighted by Crippen LogP contribution is 2.13. The molecular weight excluding hydrogens is 196 g/mol. The van der Waals surface area contributed by atoms with E-state index in [0.29, 0.717) is 6.54 Å². The van der Waals surface area contributed by atoms with E-state index in [1.54, 1.807) is 0 Å². The lowest BCUT2D eigenvalue weighted by Gasteiger charge is -2.17. The number of aryl methyl sites for hydroxylation is 1. The van der Waals surface area contributed by atoms with Gasteiger partial charge in [-0.2, -0.15) is 0 Å². The Morgan fingerprint density at radius 2 is 2.06 bits per heavy atom. The molecule has 88 valence electrons. The third kappa shape index (κ3) is 3.80. The van der Waals surface area contributed by atoms with Crippen molar-refractivity contribution in [2.45, 2.75) is 25.8 Å². The third-order valence-electron chi connectivity index (χ3n) is 2.77. The quantitative estimate of drug-likeness (QED) is 0.545. The molecule has 1 aromatic rings. The van der Waals surface area contributed by atoms with Gasteiger partial charge in [0.2, 0.25) is 0 Å². The zero-order chi connectivity index (χ0) is 11.8. The Kier molecular flexibility index (Phi) is 5.83. The van der Waals surface area contributed by atoms with Gasteiger partial charge in [0.1, 0.15) is 0 Å². The summed E-state index contributed by atoms with van der Waals surface area (Å²) in [5.74, 6) is 0. The molecule has 0 saturated heterocycles. The Hall–Kier alpha value is -1.12. The molecule has 2 heteroatoms. The molecule has 0 amide bonds. The van der Waals surface area contributed by atoms with E-state index in [1.807, 2.05) is 6.08 Å². The Labute approximate surface area is 98.6 Å². The van der Waals surface area contributed by atoms with Crippen molar-refractivity contribution in [1.82, 2.24) is 5.32 Å². The summed E-state index contributed by atoms with van der Waals surface area (Å²) >= 11 is 0. The molecule has 0 aliphatic rings. The van der Waals surface area contributed by atoms with Gasteiger partial charge in [-0.05, 0) is 30.5 Å². The van der Waals surface area contributed by atoms with Crippen LogP contribution in [0.2, 0.25) is 0 Å². The van der Waals surface area contributed by atoms with Gasteiger partial charge < -0.3 is 11.1 Å². The van der Waals surface area contributed by atoms with Crippen LogP contribution >= 0.6 is 0 Å². The smallest absolute Gasteiger partial charge is 0.0444 e. The molecule has 0 spiro atoms. The Morgan fingerprint density at radius 1 is 1.38 bits per heavy atom. The summed E-state index contributed by atoms with van der Waals surface area (Å²) < 4.78 is 0. The number of hydrogen-bond acceptors (Lipinski definition) is 2. The average Bonchev–Trinajstić information content (AvgIpc) is 2.35. The summed E-state index contributed by atoms with van der Waals surface area (Å²) in [7, 11) is 0. The van der Waals surface area contributed by atoms with Crippen molar-refractivity contribution in [3.05, 3.63) is 48.0 Å². The van der Waals surface area contributed by atoms with Gasteiger partial charge in [0.15, 0.2) is 0 Å². The number of rotatable bonds is 7. The molecule has 2 nitrogen and oxygen atoms in total. The monoisotopic (exact) mass is 218 g/mol. The highest BCUT2D eigenvalue weighted by molar-refractivity contribution is 5.25. The molecule has 1 unspecified atom stereocenters. The second kappa shape index (κ2) is 7.20. The van der Waals surface area contributed by atoms with Gasteiger partial charge >= 0.3 is 0 Å². The SMILES string of the molecule is C=CCCNC(CN)c1ccc(CC)cc1. The highest BCUT2D eigenvalue weighted by Gasteiger charge is 2.07. The zero-order valence-electron chi connectivity index (χ0n) is 10.1. The average molecular weight is 218 g/mol. The van der Waals surface area contributed by atoms with Gasteiger partial charge in [0, 0.05) is 12.6 Å². The molecule has 3 N–H and O–H groups in total. The second-order valence-electron chi connectivity index (χ2n) is 3.91. The highest BCUT2D eigenvalue weighted by atomic mass is 14.9. The number of nitrogens with one attached hydrogen (secondary N) is 1. The normalized spacial score (nSPS) is 12.4. The van der Waals surface area contributed by atoms with E-state index in [1.165, 1.54) is 11.1 Å². The van der Waals surface area contributed by atoms with Crippen molar-refractivity contribution in [1.29, 1.82) is 0 Å². The van der Waals surface area contributed by atoms with Gasteiger partial charge in [-0.1, -0.05) is 37.3 Å². The van der Waals surface area contributed by atoms with E-state index in [0.717, 1.165) is 19.4 Å². The summed E-state index contributed by atoms with van der Waals surface area (Å²) in [5, 5.41) is 3.43. The minimum absolute atomic E-state index is 0.255. The molecule has 1 aromatic carbocycles. The molecule has 1 atom stereocenters. The van der Waals surface area contributed by atoms with Gasteiger partial charge in [-0.25, -0.2) is 0 Å². The zero-order valence-corrected chi connectivity index (χ0v) is 10.1. The molecule has 0 radical (unpaired) electrons. The van der Waals surface area contributed by atoms with E-state index >= 15 is 0 Å². The first-order valence-corrected chi connectivity index (χ1v) is 5.95. The lowest BCUT2D eigenvalue weighted by atomic mass is 10.0. The lowest BCUT2D eigenvalue weighted by Crippen LogP contribution is -2.28. The minimum atomic E-state index is 0.255. The van der Waals surface area contributed by atoms with E-state index in [9.17, 15) is 0 Å². The Balaban J connectivity index is 2.59. The van der Waals surface area contributed by atoms with Crippen molar-refractivity contribution in [3.63, 3.8) is 0 Å². The predicted molar refractivity (Wildman–Crippen MR) is 70.4 cm³/mol. The number of nitrogens with two attached hydrogens (primary N) is 1. The fourth-order valence-corrected chi connectivity index (χ4v) is 1.68. The van der Waals surface area contributed by atoms with Crippen LogP contribution in [0.3, 0.4) is 0 Å². The predicted octanol–water partition coefficient (Wildman–Crippen LogP) is 2.41. The Morgan fingerprint density at radius 3 is 2.56 bits per heavy atom. The maximum absolute atomic E-state index is 5.77. The largest absolute Gasteiger partial charge is 0.329 e. The summed E-state index contributed by atoms with van der Waals surface area (Å²) in [6.07, 6.45) is 3.97. The molecule has 0 aliphatic carbocycles. The molecule has 0 fully saturated rings. The summed E-state index contributed by atoms with van der Waals surface area (Å²) in [6.45, 7) is 7.43. The minimum Gasteiger partial charge on any atom is -0.329 e. The van der Waals surface area contributed by atoms with Crippen LogP contribution in [0.5, 0.6) is 0 Å². The van der Waals surface area contributed by atoms with Crippen LogP contribution in [-0.2, 0) is 6.42 Å².